The smallest absolute Gasteiger partial charge is 0.0402 e. The van der Waals surface area contributed by atoms with Crippen molar-refractivity contribution >= 4 is 11.0 Å². The first kappa shape index (κ1) is 104. The molecule has 0 amide bonds. The maximum absolute atomic E-state index is 7.57. The normalized spacial score (nSPS) is 2.25. The van der Waals surface area contributed by atoms with Crippen molar-refractivity contribution in [2.24, 2.45) is 0 Å². The van der Waals surface area contributed by atoms with E-state index in [-0.39, 0.29) is 36.4 Å². The highest BCUT2D eigenvalue weighted by atomic mass is 28.1. The molecule has 0 aliphatic rings. The van der Waals surface area contributed by atoms with Gasteiger partial charge in [0.1, 0.15) is 0 Å². The van der Waals surface area contributed by atoms with Crippen LogP contribution in [0.1, 0.15) is 6.92 Å². The first-order chi connectivity index (χ1) is 1.41. The Kier molecular flexibility index (Phi) is 3890. The van der Waals surface area contributed by atoms with E-state index in [9.17, 15) is 0 Å². The fourth-order valence-electron chi connectivity index (χ4n) is 0. The third-order valence-corrected chi connectivity index (χ3v) is 0. The Morgan fingerprint density at radius 1 is 1.00 bits per heavy atom. The summed E-state index contributed by atoms with van der Waals surface area (Å²) in [5, 5.41) is 7.57. The molecule has 1 N–H and O–H groups in total. The average molecular weight is 158 g/mol. The van der Waals surface area contributed by atoms with Gasteiger partial charge >= 0.3 is 0 Å². The highest BCUT2D eigenvalue weighted by Gasteiger charge is 1.34. The third kappa shape index (κ3) is 13300. The number of rotatable bonds is 0. The summed E-state index contributed by atoms with van der Waals surface area (Å²) in [7, 11) is 0. The van der Waals surface area contributed by atoms with Crippen molar-refractivity contribution in [3.63, 3.8) is 0 Å². The van der Waals surface area contributed by atoms with Gasteiger partial charge in [0.15, 0.2) is 0 Å². The summed E-state index contributed by atoms with van der Waals surface area (Å²) in [4.78, 5) is 0. The quantitative estimate of drug-likeness (QED) is 0.360. The second kappa shape index (κ2) is 298. The second-order valence-electron chi connectivity index (χ2n) is 0.316. The fourth-order valence-corrected chi connectivity index (χ4v) is 0. The van der Waals surface area contributed by atoms with E-state index in [1.807, 2.05) is 0 Å². The molecule has 0 rings (SSSR count). The predicted octanol–water partition coefficient (Wildman–Crippen LogP) is -0.843. The number of hydrogen-bond donors (Lipinski definition) is 1. The molecule has 0 fully saturated rings. The van der Waals surface area contributed by atoms with Crippen LogP contribution in [0.2, 0.25) is 0 Å². The molecular formula is C2H14F4OSi. The Hall–Kier alpha value is -0.103. The molecule has 0 saturated carbocycles. The van der Waals surface area contributed by atoms with Crippen LogP contribution in [0.15, 0.2) is 0 Å². The van der Waals surface area contributed by atoms with Crippen LogP contribution in [0.3, 0.4) is 0 Å². The van der Waals surface area contributed by atoms with E-state index in [1.54, 1.807) is 6.92 Å². The standard InChI is InChI=1S/C2H6O.4FH.H4Si/c1-2-3;;;;;/h3H,2H2,1H3;4*1H;1H4. The van der Waals surface area contributed by atoms with Crippen molar-refractivity contribution in [1.82, 2.24) is 0 Å². The first-order valence-electron chi connectivity index (χ1n) is 1.02. The van der Waals surface area contributed by atoms with Gasteiger partial charge in [0, 0.05) is 6.61 Å². The molecule has 0 aliphatic heterocycles. The molecule has 0 spiro atoms. The molecule has 0 aromatic heterocycles. The highest BCUT2D eigenvalue weighted by Crippen LogP contribution is 1.30. The lowest BCUT2D eigenvalue weighted by Crippen LogP contribution is -1.57. The van der Waals surface area contributed by atoms with Crippen LogP contribution in [0.5, 0.6) is 0 Å². The third-order valence-electron chi connectivity index (χ3n) is 0. The van der Waals surface area contributed by atoms with E-state index in [1.165, 1.54) is 0 Å². The first-order valence-corrected chi connectivity index (χ1v) is 1.02. The SMILES string of the molecule is CCO.F.F.F.F.[SiH4]. The summed E-state index contributed by atoms with van der Waals surface area (Å²) in [6, 6.07) is 0. The lowest BCUT2D eigenvalue weighted by Gasteiger charge is -1.52. The molecule has 0 aliphatic carbocycles. The summed E-state index contributed by atoms with van der Waals surface area (Å²) in [5.74, 6) is 0. The van der Waals surface area contributed by atoms with Crippen molar-refractivity contribution in [1.29, 1.82) is 0 Å². The average Bonchev–Trinajstić information content (AvgIpc) is 0.918. The minimum absolute atomic E-state index is 0. The van der Waals surface area contributed by atoms with E-state index in [0.717, 1.165) is 0 Å². The molecule has 1 nitrogen and oxygen atoms in total. The van der Waals surface area contributed by atoms with Gasteiger partial charge in [-0.05, 0) is 17.9 Å². The summed E-state index contributed by atoms with van der Waals surface area (Å²) in [5.41, 5.74) is 0. The number of halogens is 4. The van der Waals surface area contributed by atoms with Crippen LogP contribution in [-0.4, -0.2) is 22.7 Å². The minimum atomic E-state index is 0. The summed E-state index contributed by atoms with van der Waals surface area (Å²) in [6.45, 7) is 1.93. The molecular weight excluding hydrogens is 144 g/mol. The van der Waals surface area contributed by atoms with Crippen LogP contribution in [0.4, 0.5) is 18.8 Å². The van der Waals surface area contributed by atoms with Crippen molar-refractivity contribution in [3.05, 3.63) is 0 Å². The van der Waals surface area contributed by atoms with Gasteiger partial charge in [0.25, 0.3) is 0 Å². The van der Waals surface area contributed by atoms with Gasteiger partial charge in [-0.1, -0.05) is 0 Å². The Balaban J connectivity index is -0.00000000200. The lowest BCUT2D eigenvalue weighted by molar-refractivity contribution is 0.318. The fraction of sp³-hybridized carbons (Fsp3) is 1.00. The minimum Gasteiger partial charge on any atom is -0.397 e. The lowest BCUT2D eigenvalue weighted by atomic mass is 10.9. The van der Waals surface area contributed by atoms with Gasteiger partial charge in [0.05, 0.1) is 0 Å². The van der Waals surface area contributed by atoms with Gasteiger partial charge < -0.3 is 5.11 Å². The van der Waals surface area contributed by atoms with E-state index in [4.69, 9.17) is 5.11 Å². The molecule has 0 radical (unpaired) electrons. The largest absolute Gasteiger partial charge is 0.397 e. The van der Waals surface area contributed by atoms with Crippen LogP contribution < -0.4 is 0 Å². The molecule has 8 heavy (non-hydrogen) atoms. The topological polar surface area (TPSA) is 20.2 Å². The Morgan fingerprint density at radius 3 is 1.00 bits per heavy atom. The molecule has 0 aromatic carbocycles. The van der Waals surface area contributed by atoms with Crippen LogP contribution in [-0.2, 0) is 0 Å². The van der Waals surface area contributed by atoms with Crippen LogP contribution in [0, 0.1) is 0 Å². The second-order valence-corrected chi connectivity index (χ2v) is 0.316. The zero-order valence-electron chi connectivity index (χ0n) is 3.79. The zero-order chi connectivity index (χ0) is 2.71. The molecule has 0 bridgehead atoms. The maximum Gasteiger partial charge on any atom is 0.0402 e. The molecule has 60 valence electrons. The van der Waals surface area contributed by atoms with Gasteiger partial charge in [-0.3, -0.25) is 18.8 Å². The summed E-state index contributed by atoms with van der Waals surface area (Å²) in [6.07, 6.45) is 0. The number of hydrogen-bond acceptors (Lipinski definition) is 1. The van der Waals surface area contributed by atoms with E-state index >= 15 is 0 Å². The van der Waals surface area contributed by atoms with Gasteiger partial charge in [-0.15, -0.1) is 0 Å². The van der Waals surface area contributed by atoms with Gasteiger partial charge in [0.2, 0.25) is 0 Å². The molecule has 6 heteroatoms. The van der Waals surface area contributed by atoms with Crippen molar-refractivity contribution in [2.75, 3.05) is 6.61 Å². The van der Waals surface area contributed by atoms with Crippen LogP contribution >= 0.6 is 0 Å². The zero-order valence-corrected chi connectivity index (χ0v) is 3.79. The highest BCUT2D eigenvalue weighted by molar-refractivity contribution is 5.75. The predicted molar refractivity (Wildman–Crippen MR) is 34.1 cm³/mol. The van der Waals surface area contributed by atoms with E-state index in [0.29, 0.717) is 0 Å². The Bertz CT molecular complexity index is 14.0. The molecule has 0 saturated heterocycles. The Morgan fingerprint density at radius 2 is 1.00 bits per heavy atom. The summed E-state index contributed by atoms with van der Waals surface area (Å²) < 4.78 is 0. The van der Waals surface area contributed by atoms with E-state index in [2.05, 4.69) is 0 Å². The maximum atomic E-state index is 7.57. The molecule has 0 atom stereocenters. The van der Waals surface area contributed by atoms with Gasteiger partial charge in [-0.25, -0.2) is 0 Å². The monoisotopic (exact) mass is 158 g/mol. The molecule has 0 heterocycles. The Labute approximate surface area is 49.6 Å². The molecule has 0 aromatic rings. The van der Waals surface area contributed by atoms with Crippen LogP contribution in [0.25, 0.3) is 0 Å². The van der Waals surface area contributed by atoms with Crippen molar-refractivity contribution < 1.29 is 23.9 Å². The van der Waals surface area contributed by atoms with Crippen molar-refractivity contribution in [2.45, 2.75) is 6.92 Å². The van der Waals surface area contributed by atoms with Gasteiger partial charge in [-0.2, -0.15) is 0 Å². The summed E-state index contributed by atoms with van der Waals surface area (Å²) >= 11 is 0. The van der Waals surface area contributed by atoms with Crippen molar-refractivity contribution in [3.8, 4) is 0 Å². The number of aliphatic hydroxyl groups is 1. The van der Waals surface area contributed by atoms with E-state index < -0.39 is 0 Å². The molecule has 0 unspecified atom stereocenters. The number of aliphatic hydroxyl groups excluding tert-OH is 1.